The number of hydrogen-bond acceptors (Lipinski definition) is 4. The van der Waals surface area contributed by atoms with Crippen molar-refractivity contribution >= 4 is 17.3 Å². The molecule has 2 aromatic carbocycles. The molecule has 1 saturated heterocycles. The number of piperazine rings is 1. The van der Waals surface area contributed by atoms with Crippen molar-refractivity contribution in [3.05, 3.63) is 59.2 Å². The lowest BCUT2D eigenvalue weighted by atomic mass is 10.0. The Hall–Kier alpha value is -2.53. The molecule has 132 valence electrons. The first-order valence-corrected chi connectivity index (χ1v) is 8.60. The molecular formula is C20H25N3O2. The molecule has 3 rings (SSSR count). The monoisotopic (exact) mass is 339 g/mol. The zero-order chi connectivity index (χ0) is 18.0. The third kappa shape index (κ3) is 3.46. The summed E-state index contributed by atoms with van der Waals surface area (Å²) in [7, 11) is 0. The van der Waals surface area contributed by atoms with Gasteiger partial charge in [-0.15, -0.1) is 0 Å². The van der Waals surface area contributed by atoms with Crippen LogP contribution in [-0.2, 0) is 0 Å². The van der Waals surface area contributed by atoms with E-state index in [1.54, 1.807) is 6.07 Å². The molecular weight excluding hydrogens is 314 g/mol. The van der Waals surface area contributed by atoms with Crippen LogP contribution in [0.25, 0.3) is 0 Å². The molecule has 1 unspecified atom stereocenters. The molecule has 0 aliphatic carbocycles. The number of anilines is 2. The van der Waals surface area contributed by atoms with Gasteiger partial charge in [-0.25, -0.2) is 0 Å². The molecule has 0 bridgehead atoms. The van der Waals surface area contributed by atoms with E-state index in [1.807, 2.05) is 55.1 Å². The van der Waals surface area contributed by atoms with Crippen LogP contribution in [0, 0.1) is 13.8 Å². The molecule has 1 aliphatic rings. The van der Waals surface area contributed by atoms with Crippen molar-refractivity contribution in [3.63, 3.8) is 0 Å². The van der Waals surface area contributed by atoms with Crippen molar-refractivity contribution in [3.8, 4) is 0 Å². The number of aliphatic hydroxyl groups is 1. The number of benzene rings is 2. The minimum atomic E-state index is -0.108. The highest BCUT2D eigenvalue weighted by Gasteiger charge is 2.30. The van der Waals surface area contributed by atoms with Crippen LogP contribution >= 0.6 is 0 Å². The van der Waals surface area contributed by atoms with Crippen molar-refractivity contribution in [2.45, 2.75) is 19.9 Å². The molecule has 0 saturated carbocycles. The minimum absolute atomic E-state index is 0.00763. The normalized spacial score (nSPS) is 17.6. The van der Waals surface area contributed by atoms with Gasteiger partial charge in [0.15, 0.2) is 0 Å². The van der Waals surface area contributed by atoms with Crippen LogP contribution in [0.1, 0.15) is 21.5 Å². The molecule has 5 nitrogen and oxygen atoms in total. The summed E-state index contributed by atoms with van der Waals surface area (Å²) < 4.78 is 0. The average Bonchev–Trinajstić information content (AvgIpc) is 2.64. The Kier molecular flexibility index (Phi) is 4.95. The third-order valence-electron chi connectivity index (χ3n) is 4.91. The first kappa shape index (κ1) is 17.3. The van der Waals surface area contributed by atoms with E-state index >= 15 is 0 Å². The molecule has 0 spiro atoms. The maximum Gasteiger partial charge on any atom is 0.254 e. The molecule has 1 amide bonds. The third-order valence-corrected chi connectivity index (χ3v) is 4.91. The smallest absolute Gasteiger partial charge is 0.254 e. The quantitative estimate of drug-likeness (QED) is 0.841. The van der Waals surface area contributed by atoms with E-state index in [0.717, 1.165) is 16.8 Å². The lowest BCUT2D eigenvalue weighted by Crippen LogP contribution is -2.56. The minimum Gasteiger partial charge on any atom is -0.398 e. The number of carbonyl (C=O) groups is 1. The molecule has 0 aromatic heterocycles. The summed E-state index contributed by atoms with van der Waals surface area (Å²) in [6, 6.07) is 13.6. The number of nitrogens with zero attached hydrogens (tertiary/aromatic N) is 2. The van der Waals surface area contributed by atoms with Crippen molar-refractivity contribution in [2.24, 2.45) is 0 Å². The van der Waals surface area contributed by atoms with Crippen molar-refractivity contribution in [1.82, 2.24) is 4.90 Å². The average molecular weight is 339 g/mol. The fourth-order valence-corrected chi connectivity index (χ4v) is 3.43. The highest BCUT2D eigenvalue weighted by atomic mass is 16.3. The zero-order valence-corrected chi connectivity index (χ0v) is 14.8. The first-order chi connectivity index (χ1) is 12.0. The Morgan fingerprint density at radius 2 is 1.88 bits per heavy atom. The fourth-order valence-electron chi connectivity index (χ4n) is 3.43. The highest BCUT2D eigenvalue weighted by Crippen LogP contribution is 2.23. The van der Waals surface area contributed by atoms with Gasteiger partial charge < -0.3 is 20.6 Å². The molecule has 2 aromatic rings. The Morgan fingerprint density at radius 3 is 2.56 bits per heavy atom. The molecule has 1 fully saturated rings. The molecule has 5 heteroatoms. The number of aliphatic hydroxyl groups excluding tert-OH is 1. The van der Waals surface area contributed by atoms with Gasteiger partial charge in [0.1, 0.15) is 0 Å². The van der Waals surface area contributed by atoms with Crippen LogP contribution in [0.4, 0.5) is 11.4 Å². The van der Waals surface area contributed by atoms with E-state index in [4.69, 9.17) is 5.73 Å². The molecule has 1 atom stereocenters. The lowest BCUT2D eigenvalue weighted by molar-refractivity contribution is 0.0698. The predicted molar refractivity (Wildman–Crippen MR) is 101 cm³/mol. The van der Waals surface area contributed by atoms with Gasteiger partial charge in [-0.1, -0.05) is 24.3 Å². The molecule has 0 radical (unpaired) electrons. The Morgan fingerprint density at radius 1 is 1.16 bits per heavy atom. The summed E-state index contributed by atoms with van der Waals surface area (Å²) in [6.45, 7) is 5.70. The number of hydrogen-bond donors (Lipinski definition) is 2. The Bertz CT molecular complexity index is 761. The number of nitrogen functional groups attached to an aromatic ring is 1. The topological polar surface area (TPSA) is 69.8 Å². The van der Waals surface area contributed by atoms with Crippen LogP contribution < -0.4 is 10.6 Å². The summed E-state index contributed by atoms with van der Waals surface area (Å²) >= 11 is 0. The molecule has 3 N–H and O–H groups in total. The van der Waals surface area contributed by atoms with Crippen LogP contribution in [-0.4, -0.2) is 48.2 Å². The Labute approximate surface area is 148 Å². The van der Waals surface area contributed by atoms with E-state index in [0.29, 0.717) is 30.9 Å². The number of nitrogens with two attached hydrogens (primary N) is 1. The summed E-state index contributed by atoms with van der Waals surface area (Å²) in [5, 5.41) is 9.83. The van der Waals surface area contributed by atoms with Crippen LogP contribution in [0.5, 0.6) is 0 Å². The van der Waals surface area contributed by atoms with Gasteiger partial charge in [0.2, 0.25) is 0 Å². The maximum atomic E-state index is 13.0. The van der Waals surface area contributed by atoms with Crippen LogP contribution in [0.3, 0.4) is 0 Å². The number of amides is 1. The summed E-state index contributed by atoms with van der Waals surface area (Å²) in [4.78, 5) is 16.9. The van der Waals surface area contributed by atoms with E-state index in [1.165, 1.54) is 0 Å². The van der Waals surface area contributed by atoms with Crippen molar-refractivity contribution in [1.29, 1.82) is 0 Å². The van der Waals surface area contributed by atoms with Crippen LogP contribution in [0.2, 0.25) is 0 Å². The van der Waals surface area contributed by atoms with Crippen LogP contribution in [0.15, 0.2) is 42.5 Å². The van der Waals surface area contributed by atoms with E-state index in [9.17, 15) is 9.90 Å². The second-order valence-corrected chi connectivity index (χ2v) is 6.64. The van der Waals surface area contributed by atoms with Gasteiger partial charge in [0, 0.05) is 36.6 Å². The van der Waals surface area contributed by atoms with Crippen molar-refractivity contribution < 1.29 is 9.90 Å². The SMILES string of the molecule is Cc1cc(C)c(C(=O)N2CCN(c3ccccc3)C(CO)C2)cc1N. The fraction of sp³-hybridized carbons (Fsp3) is 0.350. The Balaban J connectivity index is 1.79. The van der Waals surface area contributed by atoms with E-state index < -0.39 is 0 Å². The van der Waals surface area contributed by atoms with Gasteiger partial charge in [-0.3, -0.25) is 4.79 Å². The van der Waals surface area contributed by atoms with E-state index in [-0.39, 0.29) is 18.6 Å². The first-order valence-electron chi connectivity index (χ1n) is 8.60. The number of para-hydroxylation sites is 1. The lowest BCUT2D eigenvalue weighted by Gasteiger charge is -2.42. The van der Waals surface area contributed by atoms with Gasteiger partial charge in [0.25, 0.3) is 5.91 Å². The van der Waals surface area contributed by atoms with Gasteiger partial charge in [0.05, 0.1) is 12.6 Å². The van der Waals surface area contributed by atoms with Gasteiger partial charge >= 0.3 is 0 Å². The van der Waals surface area contributed by atoms with E-state index in [2.05, 4.69) is 4.90 Å². The standard InChI is InChI=1S/C20H25N3O2/c1-14-10-15(2)19(21)11-18(14)20(25)22-8-9-23(17(12-22)13-24)16-6-4-3-5-7-16/h3-7,10-11,17,24H,8-9,12-13,21H2,1-2H3. The largest absolute Gasteiger partial charge is 0.398 e. The summed E-state index contributed by atoms with van der Waals surface area (Å²) in [6.07, 6.45) is 0. The number of carbonyl (C=O) groups excluding carboxylic acids is 1. The van der Waals surface area contributed by atoms with Crippen molar-refractivity contribution in [2.75, 3.05) is 36.9 Å². The maximum absolute atomic E-state index is 13.0. The van der Waals surface area contributed by atoms with Gasteiger partial charge in [-0.05, 0) is 43.2 Å². The zero-order valence-electron chi connectivity index (χ0n) is 14.8. The van der Waals surface area contributed by atoms with Gasteiger partial charge in [-0.2, -0.15) is 0 Å². The second-order valence-electron chi connectivity index (χ2n) is 6.64. The predicted octanol–water partition coefficient (Wildman–Crippen LogP) is 2.21. The summed E-state index contributed by atoms with van der Waals surface area (Å²) in [5.74, 6) is -0.0182. The second kappa shape index (κ2) is 7.15. The number of rotatable bonds is 3. The molecule has 1 aliphatic heterocycles. The molecule has 1 heterocycles. The highest BCUT2D eigenvalue weighted by molar-refractivity contribution is 5.97. The molecule has 25 heavy (non-hydrogen) atoms. The summed E-state index contributed by atoms with van der Waals surface area (Å²) in [5.41, 5.74) is 10.3. The number of aryl methyl sites for hydroxylation is 2.